The van der Waals surface area contributed by atoms with Crippen molar-refractivity contribution < 1.29 is 17.6 Å². The zero-order valence-electron chi connectivity index (χ0n) is 14.2. The summed E-state index contributed by atoms with van der Waals surface area (Å²) < 4.78 is 40.0. The minimum absolute atomic E-state index is 0. The van der Waals surface area contributed by atoms with Gasteiger partial charge in [0, 0.05) is 25.6 Å². The van der Waals surface area contributed by atoms with Gasteiger partial charge in [0.1, 0.15) is 10.7 Å². The molecule has 0 bridgehead atoms. The molecule has 25 heavy (non-hydrogen) atoms. The van der Waals surface area contributed by atoms with E-state index >= 15 is 0 Å². The number of amides is 1. The second kappa shape index (κ2) is 10.1. The SMILES string of the molecule is CNCCCNC(=O)C1CCN(S(=O)(=O)c2ccccc2F)CC1.Cl. The van der Waals surface area contributed by atoms with Gasteiger partial charge in [0.15, 0.2) is 0 Å². The number of carbonyl (C=O) groups is 1. The predicted octanol–water partition coefficient (Wildman–Crippen LogP) is 1.37. The lowest BCUT2D eigenvalue weighted by Crippen LogP contribution is -2.43. The van der Waals surface area contributed by atoms with Crippen LogP contribution in [0.2, 0.25) is 0 Å². The Kier molecular flexibility index (Phi) is 8.78. The van der Waals surface area contributed by atoms with E-state index in [4.69, 9.17) is 0 Å². The van der Waals surface area contributed by atoms with Gasteiger partial charge in [-0.15, -0.1) is 12.4 Å². The second-order valence-electron chi connectivity index (χ2n) is 5.86. The van der Waals surface area contributed by atoms with Gasteiger partial charge < -0.3 is 10.6 Å². The Morgan fingerprint density at radius 1 is 1.24 bits per heavy atom. The van der Waals surface area contributed by atoms with Gasteiger partial charge in [-0.2, -0.15) is 4.31 Å². The monoisotopic (exact) mass is 393 g/mol. The van der Waals surface area contributed by atoms with Crippen LogP contribution in [0.3, 0.4) is 0 Å². The molecule has 0 atom stereocenters. The number of nitrogens with one attached hydrogen (secondary N) is 2. The lowest BCUT2D eigenvalue weighted by molar-refractivity contribution is -0.126. The minimum Gasteiger partial charge on any atom is -0.356 e. The molecule has 1 aromatic carbocycles. The normalized spacial score (nSPS) is 16.2. The molecule has 1 aliphatic heterocycles. The van der Waals surface area contributed by atoms with Gasteiger partial charge in [-0.1, -0.05) is 12.1 Å². The highest BCUT2D eigenvalue weighted by molar-refractivity contribution is 7.89. The smallest absolute Gasteiger partial charge is 0.245 e. The first-order valence-electron chi connectivity index (χ1n) is 8.14. The fourth-order valence-corrected chi connectivity index (χ4v) is 4.31. The fraction of sp³-hybridized carbons (Fsp3) is 0.562. The van der Waals surface area contributed by atoms with Crippen molar-refractivity contribution in [3.63, 3.8) is 0 Å². The number of benzene rings is 1. The van der Waals surface area contributed by atoms with Crippen LogP contribution >= 0.6 is 12.4 Å². The molecule has 142 valence electrons. The summed E-state index contributed by atoms with van der Waals surface area (Å²) in [5.41, 5.74) is 0. The van der Waals surface area contributed by atoms with E-state index in [2.05, 4.69) is 10.6 Å². The van der Waals surface area contributed by atoms with E-state index in [0.29, 0.717) is 19.4 Å². The summed E-state index contributed by atoms with van der Waals surface area (Å²) in [7, 11) is -1.99. The van der Waals surface area contributed by atoms with E-state index in [-0.39, 0.29) is 42.2 Å². The van der Waals surface area contributed by atoms with Gasteiger partial charge in [0.05, 0.1) is 0 Å². The average molecular weight is 394 g/mol. The Labute approximate surface area is 154 Å². The van der Waals surface area contributed by atoms with Crippen molar-refractivity contribution in [1.29, 1.82) is 0 Å². The molecule has 0 unspecified atom stereocenters. The third kappa shape index (κ3) is 5.64. The number of hydrogen-bond donors (Lipinski definition) is 2. The Morgan fingerprint density at radius 2 is 1.88 bits per heavy atom. The minimum atomic E-state index is -3.85. The largest absolute Gasteiger partial charge is 0.356 e. The van der Waals surface area contributed by atoms with Crippen molar-refractivity contribution in [2.75, 3.05) is 33.2 Å². The van der Waals surface area contributed by atoms with Crippen molar-refractivity contribution in [3.8, 4) is 0 Å². The first kappa shape index (κ1) is 21.8. The van der Waals surface area contributed by atoms with Crippen molar-refractivity contribution in [2.45, 2.75) is 24.2 Å². The number of rotatable bonds is 7. The van der Waals surface area contributed by atoms with E-state index in [0.717, 1.165) is 19.0 Å². The molecule has 1 aromatic rings. The standard InChI is InChI=1S/C16H24FN3O3S.ClH/c1-18-9-4-10-19-16(21)13-7-11-20(12-8-13)24(22,23)15-6-3-2-5-14(15)17;/h2-3,5-6,13,18H,4,7-12H2,1H3,(H,19,21);1H. The van der Waals surface area contributed by atoms with Crippen LogP contribution in [0.15, 0.2) is 29.2 Å². The van der Waals surface area contributed by atoms with Crippen molar-refractivity contribution in [1.82, 2.24) is 14.9 Å². The number of halogens is 2. The van der Waals surface area contributed by atoms with E-state index in [1.165, 1.54) is 22.5 Å². The molecule has 0 aliphatic carbocycles. The molecular formula is C16H25ClFN3O3S. The molecule has 1 amide bonds. The zero-order valence-corrected chi connectivity index (χ0v) is 15.8. The molecular weight excluding hydrogens is 369 g/mol. The van der Waals surface area contributed by atoms with E-state index in [1.54, 1.807) is 0 Å². The van der Waals surface area contributed by atoms with Crippen molar-refractivity contribution in [3.05, 3.63) is 30.1 Å². The first-order valence-corrected chi connectivity index (χ1v) is 9.58. The molecule has 1 saturated heterocycles. The van der Waals surface area contributed by atoms with Gasteiger partial charge in [0.2, 0.25) is 15.9 Å². The Hall–Kier alpha value is -1.22. The highest BCUT2D eigenvalue weighted by atomic mass is 35.5. The van der Waals surface area contributed by atoms with Crippen molar-refractivity contribution >= 4 is 28.3 Å². The quantitative estimate of drug-likeness (QED) is 0.686. The van der Waals surface area contributed by atoms with Gasteiger partial charge in [-0.3, -0.25) is 4.79 Å². The second-order valence-corrected chi connectivity index (χ2v) is 7.76. The zero-order chi connectivity index (χ0) is 17.6. The van der Waals surface area contributed by atoms with Crippen LogP contribution in [0.1, 0.15) is 19.3 Å². The molecule has 2 N–H and O–H groups in total. The van der Waals surface area contributed by atoms with Crippen LogP contribution in [0.25, 0.3) is 0 Å². The summed E-state index contributed by atoms with van der Waals surface area (Å²) in [6.45, 7) is 1.89. The molecule has 9 heteroatoms. The van der Waals surface area contributed by atoms with Crippen LogP contribution in [0.5, 0.6) is 0 Å². The number of hydrogen-bond acceptors (Lipinski definition) is 4. The Morgan fingerprint density at radius 3 is 2.48 bits per heavy atom. The van der Waals surface area contributed by atoms with E-state index in [9.17, 15) is 17.6 Å². The molecule has 0 radical (unpaired) electrons. The highest BCUT2D eigenvalue weighted by Gasteiger charge is 2.33. The maximum absolute atomic E-state index is 13.8. The van der Waals surface area contributed by atoms with Crippen molar-refractivity contribution in [2.24, 2.45) is 5.92 Å². The van der Waals surface area contributed by atoms with Gasteiger partial charge in [0.25, 0.3) is 0 Å². The number of carbonyl (C=O) groups excluding carboxylic acids is 1. The topological polar surface area (TPSA) is 78.5 Å². The van der Waals surface area contributed by atoms with Crippen LogP contribution in [-0.2, 0) is 14.8 Å². The fourth-order valence-electron chi connectivity index (χ4n) is 2.77. The molecule has 0 aromatic heterocycles. The molecule has 0 spiro atoms. The molecule has 2 rings (SSSR count). The summed E-state index contributed by atoms with van der Waals surface area (Å²) in [4.78, 5) is 11.8. The maximum Gasteiger partial charge on any atom is 0.245 e. The van der Waals surface area contributed by atoms with Gasteiger partial charge >= 0.3 is 0 Å². The average Bonchev–Trinajstić information content (AvgIpc) is 2.59. The summed E-state index contributed by atoms with van der Waals surface area (Å²) >= 11 is 0. The molecule has 0 saturated carbocycles. The molecule has 6 nitrogen and oxygen atoms in total. The number of sulfonamides is 1. The van der Waals surface area contributed by atoms with Gasteiger partial charge in [-0.25, -0.2) is 12.8 Å². The van der Waals surface area contributed by atoms with Crippen LogP contribution < -0.4 is 10.6 Å². The van der Waals surface area contributed by atoms with E-state index in [1.807, 2.05) is 7.05 Å². The lowest BCUT2D eigenvalue weighted by atomic mass is 9.97. The lowest BCUT2D eigenvalue weighted by Gasteiger charge is -2.30. The molecule has 1 fully saturated rings. The third-order valence-electron chi connectivity index (χ3n) is 4.18. The number of piperidine rings is 1. The number of nitrogens with zero attached hydrogens (tertiary/aromatic N) is 1. The summed E-state index contributed by atoms with van der Waals surface area (Å²) in [5, 5.41) is 5.88. The van der Waals surface area contributed by atoms with E-state index < -0.39 is 15.8 Å². The summed E-state index contributed by atoms with van der Waals surface area (Å²) in [6, 6.07) is 5.36. The molecule has 1 heterocycles. The Bertz CT molecular complexity index is 664. The third-order valence-corrected chi connectivity index (χ3v) is 6.11. The first-order chi connectivity index (χ1) is 11.5. The Balaban J connectivity index is 0.00000312. The highest BCUT2D eigenvalue weighted by Crippen LogP contribution is 2.25. The van der Waals surface area contributed by atoms with Crippen LogP contribution in [-0.4, -0.2) is 51.9 Å². The van der Waals surface area contributed by atoms with Crippen LogP contribution in [0.4, 0.5) is 4.39 Å². The predicted molar refractivity (Wildman–Crippen MR) is 96.7 cm³/mol. The molecule has 1 aliphatic rings. The summed E-state index contributed by atoms with van der Waals surface area (Å²) in [5.74, 6) is -0.970. The van der Waals surface area contributed by atoms with Gasteiger partial charge in [-0.05, 0) is 45.0 Å². The van der Waals surface area contributed by atoms with Crippen LogP contribution in [0, 0.1) is 11.7 Å². The summed E-state index contributed by atoms with van der Waals surface area (Å²) in [6.07, 6.45) is 1.75. The maximum atomic E-state index is 13.8.